The van der Waals surface area contributed by atoms with Gasteiger partial charge in [-0.25, -0.2) is 0 Å². The summed E-state index contributed by atoms with van der Waals surface area (Å²) in [5.41, 5.74) is 22.0. The Hall–Kier alpha value is -8.30. The maximum Gasteiger partial charge on any atom is 0.0725 e. The van der Waals surface area contributed by atoms with E-state index in [1.165, 1.54) is 109 Å². The van der Waals surface area contributed by atoms with E-state index < -0.39 is 5.41 Å². The zero-order valence-corrected chi connectivity index (χ0v) is 40.8. The van der Waals surface area contributed by atoms with E-state index in [0.29, 0.717) is 0 Å². The molecule has 14 rings (SSSR count). The quantitative estimate of drug-likeness (QED) is 0.161. The molecule has 0 fully saturated rings. The van der Waals surface area contributed by atoms with Crippen LogP contribution in [0.25, 0.3) is 86.6 Å². The number of anilines is 3. The lowest BCUT2D eigenvalue weighted by Gasteiger charge is -2.33. The van der Waals surface area contributed by atoms with Crippen LogP contribution in [0.15, 0.2) is 243 Å². The van der Waals surface area contributed by atoms with Crippen LogP contribution < -0.4 is 4.90 Å². The van der Waals surface area contributed by atoms with Crippen LogP contribution in [0.4, 0.5) is 17.1 Å². The summed E-state index contributed by atoms with van der Waals surface area (Å²) in [6.45, 7) is 6.85. The second-order valence-corrected chi connectivity index (χ2v) is 21.4. The van der Waals surface area contributed by atoms with Crippen LogP contribution in [0.5, 0.6) is 0 Å². The molecule has 12 aromatic rings. The van der Waals surface area contributed by atoms with Crippen molar-refractivity contribution in [2.75, 3.05) is 4.90 Å². The first-order valence-corrected chi connectivity index (χ1v) is 25.6. The molecule has 1 heterocycles. The minimum absolute atomic E-state index is 0.0653. The van der Waals surface area contributed by atoms with Gasteiger partial charge < -0.3 is 4.90 Å². The Balaban J connectivity index is 1.08. The smallest absolute Gasteiger partial charge is 0.0725 e. The van der Waals surface area contributed by atoms with E-state index >= 15 is 0 Å². The zero-order chi connectivity index (χ0) is 47.4. The van der Waals surface area contributed by atoms with E-state index in [0.717, 1.165) is 22.6 Å². The molecule has 1 spiro atoms. The van der Waals surface area contributed by atoms with Crippen LogP contribution in [-0.4, -0.2) is 0 Å². The van der Waals surface area contributed by atoms with Gasteiger partial charge in [0.15, 0.2) is 0 Å². The molecule has 71 heavy (non-hydrogen) atoms. The number of nitrogens with zero attached hydrogens (tertiary/aromatic N) is 1. The van der Waals surface area contributed by atoms with Gasteiger partial charge in [0.2, 0.25) is 0 Å². The molecular formula is C69H49NS. The maximum atomic E-state index is 2.58. The second kappa shape index (κ2) is 15.9. The molecular weight excluding hydrogens is 875 g/mol. The summed E-state index contributed by atoms with van der Waals surface area (Å²) in [6, 6.07) is 91.4. The van der Waals surface area contributed by atoms with Gasteiger partial charge in [-0.1, -0.05) is 221 Å². The normalized spacial score (nSPS) is 13.1. The van der Waals surface area contributed by atoms with Crippen LogP contribution >= 0.6 is 11.3 Å². The predicted molar refractivity (Wildman–Crippen MR) is 303 cm³/mol. The molecule has 2 heteroatoms. The highest BCUT2D eigenvalue weighted by molar-refractivity contribution is 7.26. The fourth-order valence-electron chi connectivity index (χ4n) is 12.3. The maximum absolute atomic E-state index is 2.58. The van der Waals surface area contributed by atoms with Crippen LogP contribution in [0, 0.1) is 0 Å². The lowest BCUT2D eigenvalue weighted by atomic mass is 9.70. The minimum Gasteiger partial charge on any atom is -0.309 e. The second-order valence-electron chi connectivity index (χ2n) is 20.3. The summed E-state index contributed by atoms with van der Waals surface area (Å²) in [6.07, 6.45) is 0. The fourth-order valence-corrected chi connectivity index (χ4v) is 13.4. The Morgan fingerprint density at radius 3 is 1.65 bits per heavy atom. The summed E-state index contributed by atoms with van der Waals surface area (Å²) in [7, 11) is 0. The van der Waals surface area contributed by atoms with Crippen molar-refractivity contribution in [3.63, 3.8) is 0 Å². The van der Waals surface area contributed by atoms with Crippen molar-refractivity contribution in [2.24, 2.45) is 0 Å². The molecule has 0 saturated heterocycles. The van der Waals surface area contributed by atoms with Crippen molar-refractivity contribution in [3.05, 3.63) is 270 Å². The van der Waals surface area contributed by atoms with Crippen molar-refractivity contribution in [1.82, 2.24) is 0 Å². The van der Waals surface area contributed by atoms with Gasteiger partial charge in [-0.15, -0.1) is 11.3 Å². The fraction of sp³-hybridized carbons (Fsp3) is 0.0725. The summed E-state index contributed by atoms with van der Waals surface area (Å²) in [5.74, 6) is 0. The number of rotatable bonds is 6. The summed E-state index contributed by atoms with van der Waals surface area (Å²) in [5, 5.41) is 5.02. The third kappa shape index (κ3) is 6.24. The molecule has 11 aromatic carbocycles. The van der Waals surface area contributed by atoms with E-state index in [9.17, 15) is 0 Å². The van der Waals surface area contributed by atoms with Gasteiger partial charge in [0.1, 0.15) is 0 Å². The van der Waals surface area contributed by atoms with Crippen molar-refractivity contribution in [3.8, 4) is 55.6 Å². The molecule has 0 unspecified atom stereocenters. The third-order valence-electron chi connectivity index (χ3n) is 15.5. The molecule has 336 valence electrons. The molecule has 2 aliphatic rings. The van der Waals surface area contributed by atoms with Gasteiger partial charge in [-0.05, 0) is 131 Å². The third-order valence-corrected chi connectivity index (χ3v) is 16.6. The zero-order valence-electron chi connectivity index (χ0n) is 39.9. The molecule has 2 aliphatic carbocycles. The molecule has 0 bridgehead atoms. The van der Waals surface area contributed by atoms with E-state index in [1.54, 1.807) is 0 Å². The Bertz CT molecular complexity index is 4050. The Morgan fingerprint density at radius 1 is 0.366 bits per heavy atom. The number of hydrogen-bond acceptors (Lipinski definition) is 2. The topological polar surface area (TPSA) is 3.24 Å². The number of fused-ring (bicyclic) bond motifs is 14. The SMILES string of the molecule is CC(C)(C)c1ccc(-c2ccc(N(c3ccc4c(c3)-c3ccccc3C43c4ccccc4-c4ccccc43)c3ccc4ccccc4c3-c3cccc4sc5ccccc5c34)c(-c3ccccc3)c2)cc1. The largest absolute Gasteiger partial charge is 0.309 e. The van der Waals surface area contributed by atoms with Crippen LogP contribution in [0.3, 0.4) is 0 Å². The first-order valence-electron chi connectivity index (χ1n) is 24.8. The van der Waals surface area contributed by atoms with Gasteiger partial charge in [0, 0.05) is 37.0 Å². The van der Waals surface area contributed by atoms with Crippen molar-refractivity contribution in [1.29, 1.82) is 0 Å². The molecule has 1 nitrogen and oxygen atoms in total. The number of benzene rings is 11. The van der Waals surface area contributed by atoms with Gasteiger partial charge in [-0.2, -0.15) is 0 Å². The lowest BCUT2D eigenvalue weighted by Crippen LogP contribution is -2.25. The van der Waals surface area contributed by atoms with Gasteiger partial charge in [0.25, 0.3) is 0 Å². The average Bonchev–Trinajstić information content (AvgIpc) is 4.05. The molecule has 1 aromatic heterocycles. The van der Waals surface area contributed by atoms with Crippen LogP contribution in [0.1, 0.15) is 48.6 Å². The summed E-state index contributed by atoms with van der Waals surface area (Å²) < 4.78 is 2.59. The predicted octanol–water partition coefficient (Wildman–Crippen LogP) is 19.3. The van der Waals surface area contributed by atoms with Gasteiger partial charge in [0.05, 0.1) is 16.8 Å². The van der Waals surface area contributed by atoms with Gasteiger partial charge in [-0.3, -0.25) is 0 Å². The Morgan fingerprint density at radius 2 is 0.930 bits per heavy atom. The molecule has 0 N–H and O–H groups in total. The van der Waals surface area contributed by atoms with Gasteiger partial charge >= 0.3 is 0 Å². The van der Waals surface area contributed by atoms with Crippen LogP contribution in [-0.2, 0) is 10.8 Å². The molecule has 0 radical (unpaired) electrons. The number of thiophene rings is 1. The first kappa shape index (κ1) is 41.7. The first-order chi connectivity index (χ1) is 34.9. The van der Waals surface area contributed by atoms with Crippen LogP contribution in [0.2, 0.25) is 0 Å². The van der Waals surface area contributed by atoms with Crippen molar-refractivity contribution < 1.29 is 0 Å². The van der Waals surface area contributed by atoms with E-state index in [1.807, 2.05) is 11.3 Å². The minimum atomic E-state index is -0.439. The highest BCUT2D eigenvalue weighted by atomic mass is 32.1. The number of hydrogen-bond donors (Lipinski definition) is 0. The van der Waals surface area contributed by atoms with E-state index in [4.69, 9.17) is 0 Å². The molecule has 0 amide bonds. The highest BCUT2D eigenvalue weighted by Gasteiger charge is 2.51. The van der Waals surface area contributed by atoms with Crippen molar-refractivity contribution in [2.45, 2.75) is 31.6 Å². The summed E-state index contributed by atoms with van der Waals surface area (Å²) >= 11 is 1.88. The standard InChI is InChI=1S/C69H49NS/c1-68(2,3)48-36-32-44(33-37-48)47-35-40-62(56(42-47)45-18-5-4-6-19-45)70(63-41-34-46-20-7-8-21-50(46)66(63)55-26-17-31-65-67(55)54-25-12-16-30-64(54)71-65)49-38-39-61-57(43-49)53-24-11-15-29-60(53)69(61)58-27-13-9-22-51(58)52-23-10-14-28-59(52)69/h4-43H,1-3H3. The average molecular weight is 924 g/mol. The lowest BCUT2D eigenvalue weighted by molar-refractivity contribution is 0.590. The molecule has 0 atom stereocenters. The molecule has 0 aliphatic heterocycles. The Kier molecular flexibility index (Phi) is 9.31. The van der Waals surface area contributed by atoms with Crippen molar-refractivity contribution >= 4 is 59.3 Å². The highest BCUT2D eigenvalue weighted by Crippen LogP contribution is 2.63. The van der Waals surface area contributed by atoms with E-state index in [-0.39, 0.29) is 5.41 Å². The Labute approximate surface area is 419 Å². The summed E-state index contributed by atoms with van der Waals surface area (Å²) in [4.78, 5) is 2.58. The van der Waals surface area contributed by atoms with E-state index in [2.05, 4.69) is 268 Å². The molecule has 0 saturated carbocycles. The monoisotopic (exact) mass is 923 g/mol.